The molecule has 1 heterocycles. The highest BCUT2D eigenvalue weighted by Crippen LogP contribution is 2.27. The molecule has 0 bridgehead atoms. The standard InChI is InChI=1S/C16H28N2O4/c1-22-10-9-18-11-13(5-6-14(18)19)15(20)17-12-16(21)7-3-2-4-8-16/h13,21H,2-12H2,1H3,(H,17,20). The summed E-state index contributed by atoms with van der Waals surface area (Å²) in [6.45, 7) is 1.80. The maximum atomic E-state index is 12.3. The molecule has 2 aliphatic rings. The van der Waals surface area contributed by atoms with E-state index in [0.717, 1.165) is 32.1 Å². The number of aliphatic hydroxyl groups is 1. The van der Waals surface area contributed by atoms with E-state index in [4.69, 9.17) is 4.74 Å². The maximum Gasteiger partial charge on any atom is 0.225 e. The lowest BCUT2D eigenvalue weighted by Crippen LogP contribution is -2.50. The average molecular weight is 312 g/mol. The number of nitrogens with zero attached hydrogens (tertiary/aromatic N) is 1. The highest BCUT2D eigenvalue weighted by Gasteiger charge is 2.33. The number of rotatable bonds is 6. The van der Waals surface area contributed by atoms with Crippen molar-refractivity contribution in [2.75, 3.05) is 33.4 Å². The molecule has 22 heavy (non-hydrogen) atoms. The van der Waals surface area contributed by atoms with E-state index in [1.54, 1.807) is 12.0 Å². The molecule has 1 aliphatic carbocycles. The van der Waals surface area contributed by atoms with Gasteiger partial charge in [0.2, 0.25) is 11.8 Å². The van der Waals surface area contributed by atoms with Crippen LogP contribution in [0.2, 0.25) is 0 Å². The normalized spacial score (nSPS) is 25.1. The largest absolute Gasteiger partial charge is 0.388 e. The fraction of sp³-hybridized carbons (Fsp3) is 0.875. The minimum absolute atomic E-state index is 0.0473. The number of hydrogen-bond donors (Lipinski definition) is 2. The zero-order chi connectivity index (χ0) is 16.0. The third-order valence-corrected chi connectivity index (χ3v) is 4.81. The summed E-state index contributed by atoms with van der Waals surface area (Å²) in [6, 6.07) is 0. The Balaban J connectivity index is 1.80. The van der Waals surface area contributed by atoms with Gasteiger partial charge in [-0.15, -0.1) is 0 Å². The third kappa shape index (κ3) is 4.68. The summed E-state index contributed by atoms with van der Waals surface area (Å²) >= 11 is 0. The van der Waals surface area contributed by atoms with Crippen molar-refractivity contribution in [2.45, 2.75) is 50.5 Å². The topological polar surface area (TPSA) is 78.9 Å². The number of carbonyl (C=O) groups excluding carboxylic acids is 2. The van der Waals surface area contributed by atoms with E-state index in [1.165, 1.54) is 0 Å². The lowest BCUT2D eigenvalue weighted by atomic mass is 9.84. The summed E-state index contributed by atoms with van der Waals surface area (Å²) in [6.07, 6.45) is 5.73. The summed E-state index contributed by atoms with van der Waals surface area (Å²) in [5, 5.41) is 13.3. The van der Waals surface area contributed by atoms with E-state index in [1.807, 2.05) is 0 Å². The average Bonchev–Trinajstić information content (AvgIpc) is 2.52. The lowest BCUT2D eigenvalue weighted by Gasteiger charge is -2.34. The Hall–Kier alpha value is -1.14. The Morgan fingerprint density at radius 1 is 1.41 bits per heavy atom. The summed E-state index contributed by atoms with van der Waals surface area (Å²) in [5.41, 5.74) is -0.742. The van der Waals surface area contributed by atoms with Crippen LogP contribution in [0.3, 0.4) is 0 Å². The van der Waals surface area contributed by atoms with Gasteiger partial charge in [-0.05, 0) is 19.3 Å². The van der Waals surface area contributed by atoms with Crippen LogP contribution in [0.5, 0.6) is 0 Å². The summed E-state index contributed by atoms with van der Waals surface area (Å²) < 4.78 is 5.00. The van der Waals surface area contributed by atoms with Gasteiger partial charge in [-0.1, -0.05) is 19.3 Å². The number of carbonyl (C=O) groups is 2. The predicted octanol–water partition coefficient (Wildman–Crippen LogP) is 0.683. The van der Waals surface area contributed by atoms with Crippen LogP contribution in [0.15, 0.2) is 0 Å². The summed E-state index contributed by atoms with van der Waals surface area (Å²) in [5.74, 6) is -0.136. The van der Waals surface area contributed by atoms with Crippen LogP contribution in [0, 0.1) is 5.92 Å². The van der Waals surface area contributed by atoms with Crippen LogP contribution >= 0.6 is 0 Å². The molecule has 0 aromatic rings. The van der Waals surface area contributed by atoms with Crippen LogP contribution < -0.4 is 5.32 Å². The second-order valence-electron chi connectivity index (χ2n) is 6.57. The fourth-order valence-electron chi connectivity index (χ4n) is 3.33. The van der Waals surface area contributed by atoms with Crippen LogP contribution in [0.25, 0.3) is 0 Å². The molecule has 1 saturated heterocycles. The molecule has 1 aliphatic heterocycles. The zero-order valence-electron chi connectivity index (χ0n) is 13.5. The number of methoxy groups -OCH3 is 1. The quantitative estimate of drug-likeness (QED) is 0.756. The van der Waals surface area contributed by atoms with Gasteiger partial charge in [-0.25, -0.2) is 0 Å². The maximum absolute atomic E-state index is 12.3. The highest BCUT2D eigenvalue weighted by molar-refractivity contribution is 5.83. The first-order chi connectivity index (χ1) is 10.5. The van der Waals surface area contributed by atoms with Crippen LogP contribution in [0.1, 0.15) is 44.9 Å². The Bertz CT molecular complexity index is 394. The molecular weight excluding hydrogens is 284 g/mol. The van der Waals surface area contributed by atoms with E-state index in [2.05, 4.69) is 5.32 Å². The minimum atomic E-state index is -0.742. The first kappa shape index (κ1) is 17.2. The van der Waals surface area contributed by atoms with E-state index >= 15 is 0 Å². The van der Waals surface area contributed by atoms with Crippen molar-refractivity contribution < 1.29 is 19.4 Å². The molecule has 6 heteroatoms. The molecule has 0 spiro atoms. The van der Waals surface area contributed by atoms with Crippen molar-refractivity contribution in [1.29, 1.82) is 0 Å². The molecule has 2 rings (SSSR count). The molecule has 126 valence electrons. The minimum Gasteiger partial charge on any atom is -0.388 e. The molecule has 0 aromatic heterocycles. The van der Waals surface area contributed by atoms with Gasteiger partial charge in [0.15, 0.2) is 0 Å². The lowest BCUT2D eigenvalue weighted by molar-refractivity contribution is -0.139. The van der Waals surface area contributed by atoms with E-state index < -0.39 is 5.60 Å². The molecule has 1 unspecified atom stereocenters. The van der Waals surface area contributed by atoms with E-state index in [-0.39, 0.29) is 17.7 Å². The van der Waals surface area contributed by atoms with Crippen molar-refractivity contribution in [3.8, 4) is 0 Å². The molecule has 1 atom stereocenters. The van der Waals surface area contributed by atoms with Gasteiger partial charge < -0.3 is 20.1 Å². The van der Waals surface area contributed by atoms with Gasteiger partial charge in [-0.3, -0.25) is 9.59 Å². The van der Waals surface area contributed by atoms with Gasteiger partial charge in [0.1, 0.15) is 0 Å². The Morgan fingerprint density at radius 3 is 2.82 bits per heavy atom. The predicted molar refractivity (Wildman–Crippen MR) is 82.2 cm³/mol. The second-order valence-corrected chi connectivity index (χ2v) is 6.57. The molecule has 1 saturated carbocycles. The van der Waals surface area contributed by atoms with Gasteiger partial charge in [-0.2, -0.15) is 0 Å². The highest BCUT2D eigenvalue weighted by atomic mass is 16.5. The third-order valence-electron chi connectivity index (χ3n) is 4.81. The summed E-state index contributed by atoms with van der Waals surface area (Å²) in [7, 11) is 1.60. The first-order valence-electron chi connectivity index (χ1n) is 8.31. The molecule has 6 nitrogen and oxygen atoms in total. The molecule has 2 N–H and O–H groups in total. The fourth-order valence-corrected chi connectivity index (χ4v) is 3.33. The molecule has 0 radical (unpaired) electrons. The van der Waals surface area contributed by atoms with Crippen molar-refractivity contribution in [1.82, 2.24) is 10.2 Å². The molecule has 2 amide bonds. The molecular formula is C16H28N2O4. The zero-order valence-corrected chi connectivity index (χ0v) is 13.5. The Kier molecular flexibility index (Phi) is 6.20. The van der Waals surface area contributed by atoms with E-state index in [0.29, 0.717) is 39.1 Å². The van der Waals surface area contributed by atoms with Gasteiger partial charge in [0, 0.05) is 33.2 Å². The number of nitrogens with one attached hydrogen (secondary N) is 1. The number of piperidine rings is 1. The van der Waals surface area contributed by atoms with E-state index in [9.17, 15) is 14.7 Å². The number of hydrogen-bond acceptors (Lipinski definition) is 4. The summed E-state index contributed by atoms with van der Waals surface area (Å²) in [4.78, 5) is 25.8. The second kappa shape index (κ2) is 7.92. The van der Waals surface area contributed by atoms with Crippen LogP contribution in [-0.2, 0) is 14.3 Å². The van der Waals surface area contributed by atoms with Gasteiger partial charge in [0.25, 0.3) is 0 Å². The number of likely N-dealkylation sites (tertiary alicyclic amines) is 1. The monoisotopic (exact) mass is 312 g/mol. The van der Waals surface area contributed by atoms with Crippen molar-refractivity contribution in [3.05, 3.63) is 0 Å². The number of amides is 2. The van der Waals surface area contributed by atoms with Crippen molar-refractivity contribution in [2.24, 2.45) is 5.92 Å². The molecule has 0 aromatic carbocycles. The van der Waals surface area contributed by atoms with Gasteiger partial charge in [0.05, 0.1) is 18.1 Å². The first-order valence-corrected chi connectivity index (χ1v) is 8.31. The van der Waals surface area contributed by atoms with Crippen molar-refractivity contribution in [3.63, 3.8) is 0 Å². The SMILES string of the molecule is COCCN1CC(C(=O)NCC2(O)CCCCC2)CCC1=O. The van der Waals surface area contributed by atoms with Crippen LogP contribution in [0.4, 0.5) is 0 Å². The Morgan fingerprint density at radius 2 is 2.14 bits per heavy atom. The van der Waals surface area contributed by atoms with Gasteiger partial charge >= 0.3 is 0 Å². The number of ether oxygens (including phenoxy) is 1. The molecule has 2 fully saturated rings. The smallest absolute Gasteiger partial charge is 0.225 e. The Labute approximate surface area is 132 Å². The van der Waals surface area contributed by atoms with Crippen molar-refractivity contribution >= 4 is 11.8 Å². The van der Waals surface area contributed by atoms with Crippen LogP contribution in [-0.4, -0.2) is 60.8 Å².